The molecule has 0 heterocycles. The van der Waals surface area contributed by atoms with Gasteiger partial charge in [-0.1, -0.05) is 90.2 Å². The van der Waals surface area contributed by atoms with Crippen LogP contribution in [0.4, 0.5) is 0 Å². The second-order valence-electron chi connectivity index (χ2n) is 7.02. The highest BCUT2D eigenvalue weighted by molar-refractivity contribution is 4.89. The lowest BCUT2D eigenvalue weighted by Gasteiger charge is -2.16. The molecule has 0 saturated heterocycles. The fourth-order valence-corrected chi connectivity index (χ4v) is 3.06. The molecular weight excluding hydrogens is 284 g/mol. The van der Waals surface area contributed by atoms with Crippen molar-refractivity contribution < 1.29 is 10.2 Å². The fraction of sp³-hybridized carbons (Fsp3) is 0.905. The van der Waals surface area contributed by atoms with Crippen LogP contribution in [0.25, 0.3) is 0 Å². The van der Waals surface area contributed by atoms with Crippen molar-refractivity contribution in [2.45, 2.75) is 110 Å². The minimum atomic E-state index is -0.561. The van der Waals surface area contributed by atoms with Crippen molar-refractivity contribution in [1.29, 1.82) is 0 Å². The zero-order valence-corrected chi connectivity index (χ0v) is 15.8. The molecule has 0 aromatic heterocycles. The Labute approximate surface area is 145 Å². The van der Waals surface area contributed by atoms with Crippen molar-refractivity contribution in [1.82, 2.24) is 0 Å². The molecule has 2 heteroatoms. The molecule has 0 aliphatic heterocycles. The van der Waals surface area contributed by atoms with E-state index in [9.17, 15) is 5.11 Å². The summed E-state index contributed by atoms with van der Waals surface area (Å²) in [6, 6.07) is 0. The maximum absolute atomic E-state index is 9.71. The van der Waals surface area contributed by atoms with Crippen LogP contribution in [0, 0.1) is 5.92 Å². The number of aliphatic hydroxyl groups excluding tert-OH is 2. The Morgan fingerprint density at radius 2 is 1.35 bits per heavy atom. The first-order valence-corrected chi connectivity index (χ1v) is 10.2. The van der Waals surface area contributed by atoms with Crippen molar-refractivity contribution in [3.63, 3.8) is 0 Å². The number of hydrogen-bond donors (Lipinski definition) is 2. The van der Waals surface area contributed by atoms with Crippen molar-refractivity contribution >= 4 is 0 Å². The Hall–Kier alpha value is -0.340. The standard InChI is InChI=1S/C21H42O2/c1-3-5-7-9-10-11-13-15-17-20(18-21(23)19-22)16-14-12-8-6-4-2/h15,17,20-23H,3-14,16,18-19H2,1-2H3/b17-15-. The van der Waals surface area contributed by atoms with Gasteiger partial charge in [0.05, 0.1) is 12.7 Å². The third-order valence-corrected chi connectivity index (χ3v) is 4.60. The molecule has 0 spiro atoms. The molecule has 2 N–H and O–H groups in total. The topological polar surface area (TPSA) is 40.5 Å². The van der Waals surface area contributed by atoms with Gasteiger partial charge in [0.15, 0.2) is 0 Å². The quantitative estimate of drug-likeness (QED) is 0.254. The number of aliphatic hydroxyl groups is 2. The summed E-state index contributed by atoms with van der Waals surface area (Å²) in [6.07, 6.45) is 21.6. The lowest BCUT2D eigenvalue weighted by Crippen LogP contribution is -2.16. The van der Waals surface area contributed by atoms with Gasteiger partial charge in [-0.05, 0) is 31.6 Å². The highest BCUT2D eigenvalue weighted by atomic mass is 16.3. The predicted octanol–water partition coefficient (Wildman–Crippen LogP) is 6.01. The summed E-state index contributed by atoms with van der Waals surface area (Å²) in [5, 5.41) is 18.8. The highest BCUT2D eigenvalue weighted by Gasteiger charge is 2.11. The van der Waals surface area contributed by atoms with Gasteiger partial charge in [-0.3, -0.25) is 0 Å². The van der Waals surface area contributed by atoms with Crippen LogP contribution in [0.15, 0.2) is 12.2 Å². The molecule has 23 heavy (non-hydrogen) atoms. The first-order chi connectivity index (χ1) is 11.2. The van der Waals surface area contributed by atoms with E-state index in [0.717, 1.165) is 12.8 Å². The molecule has 0 aliphatic rings. The molecule has 0 bridgehead atoms. The molecule has 0 rings (SSSR count). The minimum Gasteiger partial charge on any atom is -0.394 e. The molecule has 0 amide bonds. The first-order valence-electron chi connectivity index (χ1n) is 10.2. The van der Waals surface area contributed by atoms with E-state index in [-0.39, 0.29) is 6.61 Å². The van der Waals surface area contributed by atoms with E-state index < -0.39 is 6.10 Å². The molecule has 0 aromatic carbocycles. The van der Waals surface area contributed by atoms with Gasteiger partial charge in [-0.25, -0.2) is 0 Å². The van der Waals surface area contributed by atoms with Crippen molar-refractivity contribution in [3.8, 4) is 0 Å². The average Bonchev–Trinajstić information content (AvgIpc) is 2.56. The van der Waals surface area contributed by atoms with E-state index in [1.807, 2.05) is 0 Å². The summed E-state index contributed by atoms with van der Waals surface area (Å²) in [5.41, 5.74) is 0. The fourth-order valence-electron chi connectivity index (χ4n) is 3.06. The van der Waals surface area contributed by atoms with Gasteiger partial charge >= 0.3 is 0 Å². The molecular formula is C21H42O2. The Balaban J connectivity index is 3.87. The monoisotopic (exact) mass is 326 g/mol. The average molecular weight is 327 g/mol. The van der Waals surface area contributed by atoms with Gasteiger partial charge in [-0.15, -0.1) is 0 Å². The van der Waals surface area contributed by atoms with E-state index in [2.05, 4.69) is 26.0 Å². The molecule has 2 nitrogen and oxygen atoms in total. The van der Waals surface area contributed by atoms with Crippen molar-refractivity contribution in [3.05, 3.63) is 12.2 Å². The first kappa shape index (κ1) is 22.7. The number of hydrogen-bond acceptors (Lipinski definition) is 2. The molecule has 2 unspecified atom stereocenters. The van der Waals surface area contributed by atoms with Crippen molar-refractivity contribution in [2.24, 2.45) is 5.92 Å². The second-order valence-corrected chi connectivity index (χ2v) is 7.02. The van der Waals surface area contributed by atoms with Gasteiger partial charge in [-0.2, -0.15) is 0 Å². The zero-order valence-electron chi connectivity index (χ0n) is 15.8. The van der Waals surface area contributed by atoms with Gasteiger partial charge in [0.2, 0.25) is 0 Å². The van der Waals surface area contributed by atoms with Crippen LogP contribution < -0.4 is 0 Å². The SMILES string of the molecule is CCCCCCCC/C=C\C(CCCCCCC)CC(O)CO. The second kappa shape index (κ2) is 18.0. The predicted molar refractivity (Wildman–Crippen MR) is 102 cm³/mol. The third kappa shape index (κ3) is 16.3. The largest absolute Gasteiger partial charge is 0.394 e. The summed E-state index contributed by atoms with van der Waals surface area (Å²) in [4.78, 5) is 0. The van der Waals surface area contributed by atoms with E-state index in [1.54, 1.807) is 0 Å². The highest BCUT2D eigenvalue weighted by Crippen LogP contribution is 2.19. The summed E-state index contributed by atoms with van der Waals surface area (Å²) in [5.74, 6) is 0.430. The van der Waals surface area contributed by atoms with E-state index in [1.165, 1.54) is 70.6 Å². The number of allylic oxidation sites excluding steroid dienone is 2. The van der Waals surface area contributed by atoms with E-state index in [4.69, 9.17) is 5.11 Å². The number of unbranched alkanes of at least 4 members (excludes halogenated alkanes) is 10. The van der Waals surface area contributed by atoms with Crippen LogP contribution in [0.5, 0.6) is 0 Å². The molecule has 0 radical (unpaired) electrons. The van der Waals surface area contributed by atoms with Gasteiger partial charge in [0, 0.05) is 0 Å². The molecule has 0 aliphatic carbocycles. The lowest BCUT2D eigenvalue weighted by molar-refractivity contribution is 0.0780. The van der Waals surface area contributed by atoms with Crippen LogP contribution in [-0.4, -0.2) is 22.9 Å². The summed E-state index contributed by atoms with van der Waals surface area (Å²) >= 11 is 0. The Morgan fingerprint density at radius 1 is 0.783 bits per heavy atom. The van der Waals surface area contributed by atoms with Crippen LogP contribution in [0.1, 0.15) is 104 Å². The molecule has 138 valence electrons. The van der Waals surface area contributed by atoms with Crippen LogP contribution in [0.2, 0.25) is 0 Å². The zero-order chi connectivity index (χ0) is 17.2. The minimum absolute atomic E-state index is 0.113. The maximum Gasteiger partial charge on any atom is 0.0776 e. The Bertz CT molecular complexity index is 250. The normalized spacial score (nSPS) is 14.4. The van der Waals surface area contributed by atoms with Gasteiger partial charge < -0.3 is 10.2 Å². The molecule has 0 fully saturated rings. The van der Waals surface area contributed by atoms with Crippen LogP contribution in [0.3, 0.4) is 0 Å². The van der Waals surface area contributed by atoms with E-state index >= 15 is 0 Å². The molecule has 0 saturated carbocycles. The van der Waals surface area contributed by atoms with Crippen LogP contribution >= 0.6 is 0 Å². The van der Waals surface area contributed by atoms with Gasteiger partial charge in [0.1, 0.15) is 0 Å². The molecule has 2 atom stereocenters. The smallest absolute Gasteiger partial charge is 0.0776 e. The summed E-state index contributed by atoms with van der Waals surface area (Å²) < 4.78 is 0. The Kier molecular flexibility index (Phi) is 17.7. The van der Waals surface area contributed by atoms with Gasteiger partial charge in [0.25, 0.3) is 0 Å². The Morgan fingerprint density at radius 3 is 1.96 bits per heavy atom. The maximum atomic E-state index is 9.71. The van der Waals surface area contributed by atoms with Crippen LogP contribution in [-0.2, 0) is 0 Å². The number of rotatable bonds is 17. The lowest BCUT2D eigenvalue weighted by atomic mass is 9.94. The summed E-state index contributed by atoms with van der Waals surface area (Å²) in [6.45, 7) is 4.38. The van der Waals surface area contributed by atoms with E-state index in [0.29, 0.717) is 12.3 Å². The third-order valence-electron chi connectivity index (χ3n) is 4.60. The molecule has 0 aromatic rings. The summed E-state index contributed by atoms with van der Waals surface area (Å²) in [7, 11) is 0. The van der Waals surface area contributed by atoms with Crippen molar-refractivity contribution in [2.75, 3.05) is 6.61 Å².